The van der Waals surface area contributed by atoms with Gasteiger partial charge in [-0.25, -0.2) is 14.2 Å². The second-order valence-electron chi connectivity index (χ2n) is 8.69. The predicted octanol–water partition coefficient (Wildman–Crippen LogP) is 1.76. The molecule has 35 heavy (non-hydrogen) atoms. The normalized spacial score (nSPS) is 18.2. The largest absolute Gasteiger partial charge is 0.458 e. The van der Waals surface area contributed by atoms with Gasteiger partial charge in [-0.2, -0.15) is 0 Å². The topological polar surface area (TPSA) is 137 Å². The van der Waals surface area contributed by atoms with Gasteiger partial charge in [-0.15, -0.1) is 0 Å². The third kappa shape index (κ3) is 3.28. The lowest BCUT2D eigenvalue weighted by Gasteiger charge is -2.31. The Hall–Kier alpha value is -3.34. The molecule has 0 saturated carbocycles. The predicted molar refractivity (Wildman–Crippen MR) is 125 cm³/mol. The van der Waals surface area contributed by atoms with Crippen molar-refractivity contribution in [2.24, 2.45) is 5.73 Å². The first-order valence-electron chi connectivity index (χ1n) is 11.1. The molecular formula is C24H22ClFN4O5. The molecule has 3 aromatic rings. The van der Waals surface area contributed by atoms with Crippen LogP contribution in [0.15, 0.2) is 16.9 Å². The van der Waals surface area contributed by atoms with Gasteiger partial charge >= 0.3 is 5.97 Å². The molecule has 0 spiro atoms. The van der Waals surface area contributed by atoms with Gasteiger partial charge < -0.3 is 25.5 Å². The highest BCUT2D eigenvalue weighted by Crippen LogP contribution is 2.42. The first-order valence-corrected chi connectivity index (χ1v) is 11.4. The van der Waals surface area contributed by atoms with E-state index in [9.17, 15) is 23.9 Å². The first-order chi connectivity index (χ1) is 16.6. The highest BCUT2D eigenvalue weighted by molar-refractivity contribution is 6.36. The highest BCUT2D eigenvalue weighted by Gasteiger charge is 2.45. The van der Waals surface area contributed by atoms with Gasteiger partial charge in [-0.1, -0.05) is 18.5 Å². The minimum absolute atomic E-state index is 0.0101. The van der Waals surface area contributed by atoms with Crippen molar-refractivity contribution >= 4 is 34.4 Å². The number of aromatic nitrogens is 2. The summed E-state index contributed by atoms with van der Waals surface area (Å²) in [7, 11) is 0. The molecule has 0 fully saturated rings. The number of hydrogen-bond donors (Lipinski definition) is 3. The fraction of sp³-hybridized carbons (Fsp3) is 0.333. The van der Waals surface area contributed by atoms with E-state index >= 15 is 0 Å². The van der Waals surface area contributed by atoms with Crippen molar-refractivity contribution in [1.82, 2.24) is 14.9 Å². The first kappa shape index (κ1) is 23.4. The SMILES string of the molecule is CC[C@@]1(O)C(=O)OCc2c1cc1n(c2=O)Cc2c-1nc1cc(F)c(C)c(Cl)c1c2CNC(=O)CN. The lowest BCUT2D eigenvalue weighted by atomic mass is 9.86. The highest BCUT2D eigenvalue weighted by atomic mass is 35.5. The van der Waals surface area contributed by atoms with Gasteiger partial charge in [-0.05, 0) is 25.0 Å². The van der Waals surface area contributed by atoms with Crippen LogP contribution in [0.25, 0.3) is 22.3 Å². The lowest BCUT2D eigenvalue weighted by molar-refractivity contribution is -0.172. The van der Waals surface area contributed by atoms with E-state index in [1.54, 1.807) is 19.9 Å². The number of nitrogens with zero attached hydrogens (tertiary/aromatic N) is 2. The standard InChI is InChI=1S/C24H22ClFN4O5/c1-3-24(34)14-4-17-21-12(8-30(17)22(32)13(14)9-35-23(24)33)11(7-28-18(31)6-27)19-16(29-21)5-15(26)10(2)20(19)25/h4-5,34H,3,6-9,27H2,1-2H3,(H,28,31)/t24-/m0/s1. The molecule has 1 aromatic carbocycles. The van der Waals surface area contributed by atoms with E-state index in [1.807, 2.05) is 0 Å². The number of hydrogen-bond acceptors (Lipinski definition) is 7. The number of nitrogens with one attached hydrogen (secondary N) is 1. The van der Waals surface area contributed by atoms with Crippen molar-refractivity contribution in [3.05, 3.63) is 61.1 Å². The third-order valence-electron chi connectivity index (χ3n) is 6.86. The number of ether oxygens (including phenoxy) is 1. The van der Waals surface area contributed by atoms with Gasteiger partial charge in [0, 0.05) is 34.7 Å². The Morgan fingerprint density at radius 3 is 2.80 bits per heavy atom. The molecule has 1 amide bonds. The number of amides is 1. The smallest absolute Gasteiger partial charge is 0.343 e. The maximum absolute atomic E-state index is 14.6. The number of esters is 1. The number of rotatable bonds is 4. The fourth-order valence-corrected chi connectivity index (χ4v) is 5.11. The van der Waals surface area contributed by atoms with Gasteiger partial charge in [0.15, 0.2) is 5.60 Å². The van der Waals surface area contributed by atoms with E-state index in [4.69, 9.17) is 22.1 Å². The van der Waals surface area contributed by atoms with E-state index < -0.39 is 28.9 Å². The minimum Gasteiger partial charge on any atom is -0.458 e. The van der Waals surface area contributed by atoms with Crippen molar-refractivity contribution in [2.45, 2.75) is 45.6 Å². The van der Waals surface area contributed by atoms with Crippen LogP contribution in [0.3, 0.4) is 0 Å². The average molecular weight is 501 g/mol. The average Bonchev–Trinajstić information content (AvgIpc) is 3.21. The van der Waals surface area contributed by atoms with E-state index in [-0.39, 0.29) is 59.9 Å². The summed E-state index contributed by atoms with van der Waals surface area (Å²) in [6.45, 7) is 2.83. The van der Waals surface area contributed by atoms with Crippen molar-refractivity contribution in [3.63, 3.8) is 0 Å². The van der Waals surface area contributed by atoms with Crippen LogP contribution in [0.1, 0.15) is 41.2 Å². The number of carbonyl (C=O) groups is 2. The maximum atomic E-state index is 14.6. The lowest BCUT2D eigenvalue weighted by Crippen LogP contribution is -2.44. The number of pyridine rings is 2. The Kier molecular flexibility index (Phi) is 5.42. The van der Waals surface area contributed by atoms with E-state index in [2.05, 4.69) is 10.3 Å². The summed E-state index contributed by atoms with van der Waals surface area (Å²) in [5.41, 5.74) is 5.84. The van der Waals surface area contributed by atoms with Gasteiger partial charge in [0.05, 0.1) is 40.6 Å². The zero-order chi connectivity index (χ0) is 25.2. The third-order valence-corrected chi connectivity index (χ3v) is 7.33. The molecule has 0 saturated heterocycles. The minimum atomic E-state index is -1.97. The van der Waals surface area contributed by atoms with Crippen molar-refractivity contribution in [3.8, 4) is 11.4 Å². The quantitative estimate of drug-likeness (QED) is 0.363. The summed E-state index contributed by atoms with van der Waals surface area (Å²) in [6.07, 6.45) is 0.0101. The van der Waals surface area contributed by atoms with Crippen LogP contribution in [-0.4, -0.2) is 33.1 Å². The molecule has 4 N–H and O–H groups in total. The Morgan fingerprint density at radius 2 is 2.11 bits per heavy atom. The molecule has 0 aliphatic carbocycles. The molecule has 11 heteroatoms. The zero-order valence-electron chi connectivity index (χ0n) is 19.0. The summed E-state index contributed by atoms with van der Waals surface area (Å²) in [4.78, 5) is 42.4. The molecule has 5 rings (SSSR count). The van der Waals surface area contributed by atoms with E-state index in [1.165, 1.54) is 10.6 Å². The molecule has 1 atom stereocenters. The summed E-state index contributed by atoms with van der Waals surface area (Å²) in [5.74, 6) is -1.77. The van der Waals surface area contributed by atoms with Crippen molar-refractivity contribution in [1.29, 1.82) is 0 Å². The maximum Gasteiger partial charge on any atom is 0.343 e. The number of fused-ring (bicyclic) bond motifs is 5. The van der Waals surface area contributed by atoms with Gasteiger partial charge in [-0.3, -0.25) is 9.59 Å². The second kappa shape index (κ2) is 8.11. The fourth-order valence-electron chi connectivity index (χ4n) is 4.81. The molecule has 9 nitrogen and oxygen atoms in total. The Labute approximate surface area is 203 Å². The summed E-state index contributed by atoms with van der Waals surface area (Å²) in [6, 6.07) is 2.82. The van der Waals surface area contributed by atoms with E-state index in [0.717, 1.165) is 0 Å². The number of halogens is 2. The zero-order valence-corrected chi connectivity index (χ0v) is 19.8. The number of carbonyl (C=O) groups excluding carboxylic acids is 2. The number of benzene rings is 1. The van der Waals surface area contributed by atoms with Gasteiger partial charge in [0.25, 0.3) is 5.56 Å². The van der Waals surface area contributed by atoms with Crippen LogP contribution >= 0.6 is 11.6 Å². The number of nitrogens with two attached hydrogens (primary N) is 1. The molecule has 0 radical (unpaired) electrons. The molecular weight excluding hydrogens is 479 g/mol. The van der Waals surface area contributed by atoms with Crippen LogP contribution in [0, 0.1) is 12.7 Å². The monoisotopic (exact) mass is 500 g/mol. The second-order valence-corrected chi connectivity index (χ2v) is 9.07. The molecule has 4 heterocycles. The molecule has 0 unspecified atom stereocenters. The van der Waals surface area contributed by atoms with Crippen LogP contribution in [0.4, 0.5) is 4.39 Å². The Bertz CT molecular complexity index is 1520. The van der Waals surface area contributed by atoms with Gasteiger partial charge in [0.1, 0.15) is 12.4 Å². The van der Waals surface area contributed by atoms with Gasteiger partial charge in [0.2, 0.25) is 5.91 Å². The van der Waals surface area contributed by atoms with Crippen LogP contribution in [0.2, 0.25) is 5.02 Å². The number of aliphatic hydroxyl groups is 1. The summed E-state index contributed by atoms with van der Waals surface area (Å²) < 4.78 is 21.2. The van der Waals surface area contributed by atoms with Crippen LogP contribution in [-0.2, 0) is 39.6 Å². The van der Waals surface area contributed by atoms with Crippen molar-refractivity contribution < 1.29 is 23.8 Å². The molecule has 2 aliphatic heterocycles. The summed E-state index contributed by atoms with van der Waals surface area (Å²) in [5, 5.41) is 14.4. The molecule has 182 valence electrons. The van der Waals surface area contributed by atoms with E-state index in [0.29, 0.717) is 27.9 Å². The van der Waals surface area contributed by atoms with Crippen molar-refractivity contribution in [2.75, 3.05) is 6.54 Å². The number of cyclic esters (lactones) is 1. The Balaban J connectivity index is 1.81. The molecule has 0 bridgehead atoms. The van der Waals surface area contributed by atoms with Crippen LogP contribution in [0.5, 0.6) is 0 Å². The molecule has 2 aliphatic rings. The molecule has 2 aromatic heterocycles. The van der Waals surface area contributed by atoms with Crippen LogP contribution < -0.4 is 16.6 Å². The summed E-state index contributed by atoms with van der Waals surface area (Å²) >= 11 is 6.53. The Morgan fingerprint density at radius 1 is 1.37 bits per heavy atom.